The molecule has 0 spiro atoms. The van der Waals surface area contributed by atoms with Gasteiger partial charge in [0.25, 0.3) is 0 Å². The number of ether oxygens (including phenoxy) is 1. The zero-order valence-electron chi connectivity index (χ0n) is 8.01. The maximum Gasteiger partial charge on any atom is 0.355 e. The number of aromatic nitrogens is 1. The van der Waals surface area contributed by atoms with Crippen LogP contribution in [0.2, 0.25) is 0 Å². The number of rotatable bonds is 2. The van der Waals surface area contributed by atoms with E-state index in [1.54, 1.807) is 12.2 Å². The van der Waals surface area contributed by atoms with Gasteiger partial charge in [-0.3, -0.25) is 0 Å². The Morgan fingerprint density at radius 3 is 2.69 bits per heavy atom. The fraction of sp³-hybridized carbons (Fsp3) is 0.100. The first-order chi connectivity index (χ1) is 7.59. The molecule has 2 N–H and O–H groups in total. The molecular weight excluding hydrogens is 214 g/mol. The van der Waals surface area contributed by atoms with Crippen molar-refractivity contribution >= 4 is 18.0 Å². The van der Waals surface area contributed by atoms with Crippen LogP contribution >= 0.6 is 0 Å². The zero-order valence-corrected chi connectivity index (χ0v) is 8.01. The predicted octanol–water partition coefficient (Wildman–Crippen LogP) is 0.884. The van der Waals surface area contributed by atoms with Gasteiger partial charge in [0.05, 0.1) is 5.56 Å². The van der Waals surface area contributed by atoms with Crippen molar-refractivity contribution in [2.45, 2.75) is 0 Å². The Labute approximate surface area is 89.8 Å². The number of fused-ring (bicyclic) bond motifs is 1. The third-order valence-electron chi connectivity index (χ3n) is 2.06. The number of nitrogens with zero attached hydrogens (tertiary/aromatic N) is 1. The first-order valence-electron chi connectivity index (χ1n) is 4.40. The van der Waals surface area contributed by atoms with E-state index in [0.29, 0.717) is 12.3 Å². The minimum absolute atomic E-state index is 0.282. The third-order valence-corrected chi connectivity index (χ3v) is 2.06. The molecule has 0 bridgehead atoms. The van der Waals surface area contributed by atoms with E-state index in [1.807, 2.05) is 0 Å². The van der Waals surface area contributed by atoms with Crippen LogP contribution in [0.25, 0.3) is 6.08 Å². The summed E-state index contributed by atoms with van der Waals surface area (Å²) < 4.78 is 5.14. The van der Waals surface area contributed by atoms with Crippen LogP contribution in [0.1, 0.15) is 26.5 Å². The van der Waals surface area contributed by atoms with E-state index in [9.17, 15) is 9.59 Å². The summed E-state index contributed by atoms with van der Waals surface area (Å²) in [4.78, 5) is 25.4. The second-order valence-corrected chi connectivity index (χ2v) is 3.09. The average molecular weight is 221 g/mol. The Morgan fingerprint density at radius 2 is 2.06 bits per heavy atom. The fourth-order valence-electron chi connectivity index (χ4n) is 1.37. The quantitative estimate of drug-likeness (QED) is 0.769. The zero-order chi connectivity index (χ0) is 11.7. The number of hydrogen-bond acceptors (Lipinski definition) is 4. The third kappa shape index (κ3) is 1.60. The van der Waals surface area contributed by atoms with E-state index in [0.717, 1.165) is 0 Å². The Balaban J connectivity index is 2.65. The molecule has 0 unspecified atom stereocenters. The van der Waals surface area contributed by atoms with Gasteiger partial charge in [0, 0.05) is 0 Å². The Kier molecular flexibility index (Phi) is 2.32. The van der Waals surface area contributed by atoms with Crippen LogP contribution in [0.3, 0.4) is 0 Å². The molecule has 0 aliphatic carbocycles. The topological polar surface area (TPSA) is 96.7 Å². The number of hydrogen-bond donors (Lipinski definition) is 2. The van der Waals surface area contributed by atoms with E-state index >= 15 is 0 Å². The van der Waals surface area contributed by atoms with E-state index in [4.69, 9.17) is 14.9 Å². The monoisotopic (exact) mass is 221 g/mol. The molecule has 0 fully saturated rings. The first kappa shape index (κ1) is 10.2. The molecule has 2 heterocycles. The molecule has 0 saturated heterocycles. The molecule has 2 rings (SSSR count). The largest absolute Gasteiger partial charge is 0.487 e. The number of pyridine rings is 1. The molecule has 1 aromatic rings. The summed E-state index contributed by atoms with van der Waals surface area (Å²) in [6.07, 6.45) is 3.26. The van der Waals surface area contributed by atoms with E-state index < -0.39 is 17.6 Å². The van der Waals surface area contributed by atoms with Gasteiger partial charge in [-0.15, -0.1) is 0 Å². The molecule has 0 atom stereocenters. The van der Waals surface area contributed by atoms with Gasteiger partial charge in [-0.25, -0.2) is 14.6 Å². The van der Waals surface area contributed by atoms with E-state index in [1.165, 1.54) is 6.07 Å². The molecule has 16 heavy (non-hydrogen) atoms. The van der Waals surface area contributed by atoms with Crippen molar-refractivity contribution in [2.75, 3.05) is 6.61 Å². The van der Waals surface area contributed by atoms with Crippen molar-refractivity contribution in [2.24, 2.45) is 0 Å². The predicted molar refractivity (Wildman–Crippen MR) is 52.7 cm³/mol. The van der Waals surface area contributed by atoms with Gasteiger partial charge in [0.2, 0.25) is 0 Å². The second kappa shape index (κ2) is 3.65. The van der Waals surface area contributed by atoms with Crippen LogP contribution in [0, 0.1) is 0 Å². The highest BCUT2D eigenvalue weighted by Crippen LogP contribution is 2.24. The van der Waals surface area contributed by atoms with Gasteiger partial charge in [0.1, 0.15) is 18.1 Å². The smallest absolute Gasteiger partial charge is 0.355 e. The van der Waals surface area contributed by atoms with Gasteiger partial charge in [-0.05, 0) is 18.2 Å². The average Bonchev–Trinajstić information content (AvgIpc) is 2.27. The summed E-state index contributed by atoms with van der Waals surface area (Å²) in [5, 5.41) is 17.7. The molecule has 6 nitrogen and oxygen atoms in total. The van der Waals surface area contributed by atoms with Crippen molar-refractivity contribution in [3.63, 3.8) is 0 Å². The van der Waals surface area contributed by atoms with Gasteiger partial charge in [-0.2, -0.15) is 0 Å². The van der Waals surface area contributed by atoms with Gasteiger partial charge in [0.15, 0.2) is 5.69 Å². The maximum atomic E-state index is 10.8. The fourth-order valence-corrected chi connectivity index (χ4v) is 1.37. The lowest BCUT2D eigenvalue weighted by Crippen LogP contribution is -2.14. The second-order valence-electron chi connectivity index (χ2n) is 3.09. The lowest BCUT2D eigenvalue weighted by molar-refractivity contribution is 0.0645. The minimum Gasteiger partial charge on any atom is -0.487 e. The molecule has 0 amide bonds. The number of carboxylic acid groups (broad SMARTS) is 2. The molecule has 0 aromatic carbocycles. The molecular formula is C10H7NO5. The van der Waals surface area contributed by atoms with Crippen molar-refractivity contribution in [1.29, 1.82) is 0 Å². The van der Waals surface area contributed by atoms with Crippen molar-refractivity contribution in [3.05, 3.63) is 29.1 Å². The summed E-state index contributed by atoms with van der Waals surface area (Å²) in [5.74, 6) is -2.44. The Morgan fingerprint density at radius 1 is 1.31 bits per heavy atom. The summed E-state index contributed by atoms with van der Waals surface area (Å²) in [7, 11) is 0. The van der Waals surface area contributed by atoms with Crippen LogP contribution < -0.4 is 4.74 Å². The molecule has 82 valence electrons. The van der Waals surface area contributed by atoms with Crippen molar-refractivity contribution in [1.82, 2.24) is 4.98 Å². The highest BCUT2D eigenvalue weighted by molar-refractivity contribution is 6.00. The van der Waals surface area contributed by atoms with Gasteiger partial charge >= 0.3 is 11.9 Å². The van der Waals surface area contributed by atoms with E-state index in [-0.39, 0.29) is 11.3 Å². The summed E-state index contributed by atoms with van der Waals surface area (Å²) in [5.41, 5.74) is -0.531. The normalized spacial score (nSPS) is 12.8. The number of aromatic carboxylic acids is 2. The molecule has 6 heteroatoms. The van der Waals surface area contributed by atoms with Crippen LogP contribution in [0.5, 0.6) is 5.75 Å². The van der Waals surface area contributed by atoms with Crippen molar-refractivity contribution in [3.8, 4) is 5.75 Å². The standard InChI is InChI=1S/C10H7NO5/c12-9(13)5-4-7-6(2-1-3-16-7)11-8(5)10(14)15/h1-2,4H,3H2,(H,12,13)(H,14,15). The molecule has 1 aliphatic rings. The highest BCUT2D eigenvalue weighted by atomic mass is 16.5. The van der Waals surface area contributed by atoms with Crippen LogP contribution in [-0.4, -0.2) is 33.7 Å². The van der Waals surface area contributed by atoms with Crippen LogP contribution in [0.15, 0.2) is 12.1 Å². The van der Waals surface area contributed by atoms with Crippen LogP contribution in [-0.2, 0) is 0 Å². The van der Waals surface area contributed by atoms with E-state index in [2.05, 4.69) is 4.98 Å². The Hall–Kier alpha value is -2.37. The van der Waals surface area contributed by atoms with Gasteiger partial charge < -0.3 is 14.9 Å². The first-order valence-corrected chi connectivity index (χ1v) is 4.40. The summed E-state index contributed by atoms with van der Waals surface area (Å²) in [6.45, 7) is 0.320. The highest BCUT2D eigenvalue weighted by Gasteiger charge is 2.22. The molecule has 1 aromatic heterocycles. The maximum absolute atomic E-state index is 10.8. The Bertz CT molecular complexity index is 506. The molecule has 1 aliphatic heterocycles. The number of carbonyl (C=O) groups is 2. The van der Waals surface area contributed by atoms with Crippen LogP contribution in [0.4, 0.5) is 0 Å². The summed E-state index contributed by atoms with van der Waals surface area (Å²) >= 11 is 0. The van der Waals surface area contributed by atoms with Crippen molar-refractivity contribution < 1.29 is 24.5 Å². The summed E-state index contributed by atoms with van der Waals surface area (Å²) in [6, 6.07) is 1.18. The lowest BCUT2D eigenvalue weighted by Gasteiger charge is -2.13. The molecule has 0 radical (unpaired) electrons. The SMILES string of the molecule is O=C(O)c1cc2c(nc1C(=O)O)C=CCO2. The minimum atomic E-state index is -1.38. The lowest BCUT2D eigenvalue weighted by atomic mass is 10.1. The number of carboxylic acids is 2. The van der Waals surface area contributed by atoms with Gasteiger partial charge in [-0.1, -0.05) is 0 Å². The molecule has 0 saturated carbocycles.